The van der Waals surface area contributed by atoms with Crippen LogP contribution in [0, 0.1) is 6.92 Å². The molecule has 120 valence electrons. The Hall–Kier alpha value is -2.14. The van der Waals surface area contributed by atoms with Gasteiger partial charge in [-0.15, -0.1) is 0 Å². The van der Waals surface area contributed by atoms with Crippen molar-refractivity contribution in [2.24, 2.45) is 0 Å². The number of benzene rings is 1. The molecule has 5 nitrogen and oxygen atoms in total. The molecule has 0 spiro atoms. The van der Waals surface area contributed by atoms with E-state index in [4.69, 9.17) is 0 Å². The molecule has 23 heavy (non-hydrogen) atoms. The first-order valence-electron chi connectivity index (χ1n) is 8.24. The van der Waals surface area contributed by atoms with Gasteiger partial charge in [-0.05, 0) is 31.4 Å². The lowest BCUT2D eigenvalue weighted by Crippen LogP contribution is -2.29. The van der Waals surface area contributed by atoms with Crippen molar-refractivity contribution in [3.05, 3.63) is 47.2 Å². The molecule has 0 unspecified atom stereocenters. The van der Waals surface area contributed by atoms with Crippen molar-refractivity contribution in [2.45, 2.75) is 38.3 Å². The first kappa shape index (κ1) is 14.5. The highest BCUT2D eigenvalue weighted by Gasteiger charge is 2.42. The summed E-state index contributed by atoms with van der Waals surface area (Å²) in [5, 5.41) is 12.4. The van der Waals surface area contributed by atoms with E-state index in [0.29, 0.717) is 17.9 Å². The van der Waals surface area contributed by atoms with Crippen molar-refractivity contribution >= 4 is 11.8 Å². The van der Waals surface area contributed by atoms with E-state index in [1.165, 1.54) is 17.5 Å². The molecular weight excluding hydrogens is 288 g/mol. The number of fused-ring (bicyclic) bond motifs is 5. The van der Waals surface area contributed by atoms with Crippen LogP contribution in [0.25, 0.3) is 0 Å². The fourth-order valence-corrected chi connectivity index (χ4v) is 3.83. The zero-order valence-electron chi connectivity index (χ0n) is 13.5. The van der Waals surface area contributed by atoms with Crippen molar-refractivity contribution in [3.8, 4) is 0 Å². The third-order valence-corrected chi connectivity index (χ3v) is 4.88. The molecule has 1 aliphatic heterocycles. The standard InChI is InChI=1S/C18H22N4O/c1-11-7-17(21-18(19-11)20-12(2)10-23)22-9-13-8-16(22)15-6-4-3-5-14(13)15/h3-7,12-13,16,23H,8-10H2,1-2H3,(H,19,20,21)/t12-,13+,16-/m0/s1. The first-order valence-corrected chi connectivity index (χ1v) is 8.24. The third-order valence-electron chi connectivity index (χ3n) is 4.88. The van der Waals surface area contributed by atoms with Crippen molar-refractivity contribution in [3.63, 3.8) is 0 Å². The quantitative estimate of drug-likeness (QED) is 0.909. The molecule has 4 rings (SSSR count). The highest BCUT2D eigenvalue weighted by molar-refractivity contribution is 5.55. The maximum absolute atomic E-state index is 9.21. The molecule has 2 heterocycles. The van der Waals surface area contributed by atoms with Gasteiger partial charge in [0.05, 0.1) is 12.6 Å². The number of anilines is 2. The summed E-state index contributed by atoms with van der Waals surface area (Å²) in [4.78, 5) is 11.5. The molecule has 0 amide bonds. The number of nitrogens with zero attached hydrogens (tertiary/aromatic N) is 3. The Balaban J connectivity index is 1.65. The number of rotatable bonds is 4. The summed E-state index contributed by atoms with van der Waals surface area (Å²) in [5.74, 6) is 2.18. The summed E-state index contributed by atoms with van der Waals surface area (Å²) < 4.78 is 0. The van der Waals surface area contributed by atoms with Gasteiger partial charge in [0.2, 0.25) is 5.95 Å². The Kier molecular flexibility index (Phi) is 3.45. The zero-order chi connectivity index (χ0) is 16.0. The van der Waals surface area contributed by atoms with E-state index in [2.05, 4.69) is 50.5 Å². The van der Waals surface area contributed by atoms with Crippen LogP contribution in [-0.4, -0.2) is 34.3 Å². The fraction of sp³-hybridized carbons (Fsp3) is 0.444. The van der Waals surface area contributed by atoms with Crippen LogP contribution >= 0.6 is 0 Å². The number of hydrogen-bond acceptors (Lipinski definition) is 5. The summed E-state index contributed by atoms with van der Waals surface area (Å²) >= 11 is 0. The molecule has 5 heteroatoms. The predicted octanol–water partition coefficient (Wildman–Crippen LogP) is 2.63. The van der Waals surface area contributed by atoms with E-state index in [9.17, 15) is 5.11 Å². The van der Waals surface area contributed by atoms with Crippen molar-refractivity contribution < 1.29 is 5.11 Å². The first-order chi connectivity index (χ1) is 11.2. The monoisotopic (exact) mass is 310 g/mol. The van der Waals surface area contributed by atoms with Crippen LogP contribution in [0.3, 0.4) is 0 Å². The van der Waals surface area contributed by atoms with E-state index in [-0.39, 0.29) is 12.6 Å². The maximum atomic E-state index is 9.21. The van der Waals surface area contributed by atoms with Gasteiger partial charge in [0, 0.05) is 30.3 Å². The highest BCUT2D eigenvalue weighted by atomic mass is 16.3. The summed E-state index contributed by atoms with van der Waals surface area (Å²) in [6.45, 7) is 4.99. The SMILES string of the molecule is Cc1cc(N2C[C@H]3C[C@H]2c2ccccc23)nc(N[C@@H](C)CO)n1. The van der Waals surface area contributed by atoms with E-state index >= 15 is 0 Å². The molecule has 1 aliphatic carbocycles. The van der Waals surface area contributed by atoms with Gasteiger partial charge in [0.15, 0.2) is 0 Å². The largest absolute Gasteiger partial charge is 0.394 e. The van der Waals surface area contributed by atoms with Crippen LogP contribution in [0.4, 0.5) is 11.8 Å². The summed E-state index contributed by atoms with van der Waals surface area (Å²) in [6, 6.07) is 11.2. The lowest BCUT2D eigenvalue weighted by molar-refractivity contribution is 0.281. The van der Waals surface area contributed by atoms with Gasteiger partial charge >= 0.3 is 0 Å². The number of aryl methyl sites for hydroxylation is 1. The summed E-state index contributed by atoms with van der Waals surface area (Å²) in [7, 11) is 0. The molecular formula is C18H22N4O. The molecule has 0 saturated carbocycles. The summed E-state index contributed by atoms with van der Waals surface area (Å²) in [6.07, 6.45) is 1.18. The van der Waals surface area contributed by atoms with Gasteiger partial charge in [-0.3, -0.25) is 0 Å². The van der Waals surface area contributed by atoms with Gasteiger partial charge < -0.3 is 15.3 Å². The second-order valence-corrected chi connectivity index (χ2v) is 6.65. The Morgan fingerprint density at radius 2 is 2.09 bits per heavy atom. The van der Waals surface area contributed by atoms with Gasteiger partial charge in [0.25, 0.3) is 0 Å². The fourth-order valence-electron chi connectivity index (χ4n) is 3.83. The molecule has 1 aromatic carbocycles. The molecule has 2 aromatic rings. The topological polar surface area (TPSA) is 61.3 Å². The normalized spacial score (nSPS) is 23.0. The number of aliphatic hydroxyl groups is 1. The maximum Gasteiger partial charge on any atom is 0.225 e. The second-order valence-electron chi connectivity index (χ2n) is 6.65. The Morgan fingerprint density at radius 1 is 1.30 bits per heavy atom. The van der Waals surface area contributed by atoms with Crippen LogP contribution in [0.5, 0.6) is 0 Å². The Morgan fingerprint density at radius 3 is 2.87 bits per heavy atom. The molecule has 2 N–H and O–H groups in total. The molecule has 2 aliphatic rings. The van der Waals surface area contributed by atoms with Gasteiger partial charge in [-0.25, -0.2) is 4.98 Å². The molecule has 0 radical (unpaired) electrons. The van der Waals surface area contributed by atoms with E-state index < -0.39 is 0 Å². The van der Waals surface area contributed by atoms with Crippen molar-refractivity contribution in [2.75, 3.05) is 23.4 Å². The number of aromatic nitrogens is 2. The second kappa shape index (κ2) is 5.49. The smallest absolute Gasteiger partial charge is 0.225 e. The number of nitrogens with one attached hydrogen (secondary N) is 1. The molecule has 1 aromatic heterocycles. The van der Waals surface area contributed by atoms with Crippen LogP contribution in [0.2, 0.25) is 0 Å². The average Bonchev–Trinajstić information content (AvgIpc) is 3.14. The van der Waals surface area contributed by atoms with E-state index in [1.54, 1.807) is 0 Å². The van der Waals surface area contributed by atoms with Crippen LogP contribution < -0.4 is 10.2 Å². The van der Waals surface area contributed by atoms with Crippen LogP contribution in [0.15, 0.2) is 30.3 Å². The third kappa shape index (κ3) is 2.45. The van der Waals surface area contributed by atoms with Crippen molar-refractivity contribution in [1.82, 2.24) is 9.97 Å². The van der Waals surface area contributed by atoms with E-state index in [1.807, 2.05) is 13.8 Å². The number of hydrogen-bond donors (Lipinski definition) is 2. The lowest BCUT2D eigenvalue weighted by Gasteiger charge is -2.30. The minimum Gasteiger partial charge on any atom is -0.394 e. The summed E-state index contributed by atoms with van der Waals surface area (Å²) in [5.41, 5.74) is 3.89. The van der Waals surface area contributed by atoms with Gasteiger partial charge in [-0.1, -0.05) is 24.3 Å². The molecule has 1 fully saturated rings. The van der Waals surface area contributed by atoms with E-state index in [0.717, 1.165) is 18.1 Å². The molecule has 3 atom stereocenters. The average molecular weight is 310 g/mol. The lowest BCUT2D eigenvalue weighted by atomic mass is 9.99. The number of aliphatic hydroxyl groups excluding tert-OH is 1. The Bertz CT molecular complexity index is 733. The molecule has 2 bridgehead atoms. The van der Waals surface area contributed by atoms with Gasteiger partial charge in [-0.2, -0.15) is 4.98 Å². The Labute approximate surface area is 136 Å². The molecule has 1 saturated heterocycles. The highest BCUT2D eigenvalue weighted by Crippen LogP contribution is 2.51. The van der Waals surface area contributed by atoms with Crippen molar-refractivity contribution in [1.29, 1.82) is 0 Å². The zero-order valence-corrected chi connectivity index (χ0v) is 13.5. The van der Waals surface area contributed by atoms with Crippen LogP contribution in [0.1, 0.15) is 42.1 Å². The minimum absolute atomic E-state index is 0.0552. The van der Waals surface area contributed by atoms with Gasteiger partial charge in [0.1, 0.15) is 5.82 Å². The van der Waals surface area contributed by atoms with Crippen LogP contribution in [-0.2, 0) is 0 Å². The predicted molar refractivity (Wildman–Crippen MR) is 90.8 cm³/mol. The minimum atomic E-state index is -0.0552.